The van der Waals surface area contributed by atoms with Crippen molar-refractivity contribution in [3.63, 3.8) is 0 Å². The standard InChI is InChI=1S/C26H25FN2O8S/c1-28-26(31)37-25-20-14-23(34-2)21(29(12-13-30)38(3,32)33)15-22(20)36-24(25)16-4-8-18(9-5-16)35-19-10-6-17(27)7-11-19/h4-11,14-15,30H,12-13H2,1-3H3,(H,28,31). The number of carbonyl (C=O) groups is 1. The van der Waals surface area contributed by atoms with Crippen LogP contribution in [-0.2, 0) is 10.0 Å². The molecule has 1 amide bonds. The Morgan fingerprint density at radius 3 is 2.26 bits per heavy atom. The second kappa shape index (κ2) is 11.0. The first-order valence-electron chi connectivity index (χ1n) is 11.3. The van der Waals surface area contributed by atoms with Gasteiger partial charge in [0.25, 0.3) is 0 Å². The molecule has 0 aliphatic heterocycles. The Morgan fingerprint density at radius 2 is 1.71 bits per heavy atom. The number of sulfonamides is 1. The maximum absolute atomic E-state index is 13.2. The van der Waals surface area contributed by atoms with Gasteiger partial charge in [-0.3, -0.25) is 4.31 Å². The fourth-order valence-electron chi connectivity index (χ4n) is 3.75. The van der Waals surface area contributed by atoms with E-state index in [9.17, 15) is 22.7 Å². The van der Waals surface area contributed by atoms with Gasteiger partial charge in [0, 0.05) is 18.7 Å². The lowest BCUT2D eigenvalue weighted by Crippen LogP contribution is -2.32. The predicted molar refractivity (Wildman–Crippen MR) is 139 cm³/mol. The molecular weight excluding hydrogens is 519 g/mol. The number of benzene rings is 3. The molecule has 200 valence electrons. The Labute approximate surface area is 218 Å². The highest BCUT2D eigenvalue weighted by atomic mass is 32.2. The number of carbonyl (C=O) groups excluding carboxylic acids is 1. The zero-order valence-corrected chi connectivity index (χ0v) is 21.5. The number of fused-ring (bicyclic) bond motifs is 1. The van der Waals surface area contributed by atoms with E-state index in [1.165, 1.54) is 50.6 Å². The molecule has 10 nitrogen and oxygen atoms in total. The van der Waals surface area contributed by atoms with Crippen molar-refractivity contribution in [3.05, 3.63) is 66.5 Å². The summed E-state index contributed by atoms with van der Waals surface area (Å²) in [6, 6.07) is 15.2. The molecule has 12 heteroatoms. The number of nitrogens with one attached hydrogen (secondary N) is 1. The van der Waals surface area contributed by atoms with Crippen molar-refractivity contribution in [1.29, 1.82) is 0 Å². The topological polar surface area (TPSA) is 128 Å². The van der Waals surface area contributed by atoms with Crippen LogP contribution in [0.15, 0.2) is 65.1 Å². The Balaban J connectivity index is 1.81. The van der Waals surface area contributed by atoms with E-state index in [1.807, 2.05) is 0 Å². The van der Waals surface area contributed by atoms with E-state index < -0.39 is 22.7 Å². The molecule has 4 aromatic rings. The summed E-state index contributed by atoms with van der Waals surface area (Å²) in [5.41, 5.74) is 0.890. The molecular formula is C26H25FN2O8S. The van der Waals surface area contributed by atoms with Crippen LogP contribution in [0.4, 0.5) is 14.9 Å². The van der Waals surface area contributed by atoms with Crippen molar-refractivity contribution in [2.45, 2.75) is 0 Å². The van der Waals surface area contributed by atoms with Gasteiger partial charge in [0.2, 0.25) is 10.0 Å². The van der Waals surface area contributed by atoms with Crippen molar-refractivity contribution in [1.82, 2.24) is 5.32 Å². The molecule has 0 fully saturated rings. The minimum Gasteiger partial charge on any atom is -0.495 e. The van der Waals surface area contributed by atoms with E-state index in [1.54, 1.807) is 24.3 Å². The van der Waals surface area contributed by atoms with Gasteiger partial charge in [0.15, 0.2) is 11.5 Å². The van der Waals surface area contributed by atoms with Gasteiger partial charge in [0.1, 0.15) is 28.6 Å². The largest absolute Gasteiger partial charge is 0.495 e. The first-order valence-corrected chi connectivity index (χ1v) is 13.2. The molecule has 1 aromatic heterocycles. The number of aliphatic hydroxyl groups excluding tert-OH is 1. The summed E-state index contributed by atoms with van der Waals surface area (Å²) >= 11 is 0. The third-order valence-corrected chi connectivity index (χ3v) is 6.66. The van der Waals surface area contributed by atoms with Crippen LogP contribution < -0.4 is 23.8 Å². The molecule has 0 aliphatic rings. The molecule has 2 N–H and O–H groups in total. The number of amides is 1. The average Bonchev–Trinajstić information content (AvgIpc) is 3.24. The molecule has 0 unspecified atom stereocenters. The maximum Gasteiger partial charge on any atom is 0.412 e. The van der Waals surface area contributed by atoms with E-state index in [-0.39, 0.29) is 40.9 Å². The van der Waals surface area contributed by atoms with Crippen molar-refractivity contribution < 1.29 is 41.3 Å². The minimum absolute atomic E-state index is 0.0875. The third-order valence-electron chi connectivity index (χ3n) is 5.48. The van der Waals surface area contributed by atoms with Crippen LogP contribution in [0.3, 0.4) is 0 Å². The van der Waals surface area contributed by atoms with E-state index in [2.05, 4.69) is 5.32 Å². The van der Waals surface area contributed by atoms with Crippen LogP contribution in [0.5, 0.6) is 23.0 Å². The molecule has 0 saturated carbocycles. The number of ether oxygens (including phenoxy) is 3. The number of anilines is 1. The summed E-state index contributed by atoms with van der Waals surface area (Å²) < 4.78 is 61.7. The van der Waals surface area contributed by atoms with Gasteiger partial charge in [0.05, 0.1) is 37.6 Å². The zero-order valence-electron chi connectivity index (χ0n) is 20.7. The molecule has 0 bridgehead atoms. The van der Waals surface area contributed by atoms with Crippen LogP contribution in [-0.4, -0.2) is 53.2 Å². The quantitative estimate of drug-likeness (QED) is 0.315. The van der Waals surface area contributed by atoms with Crippen LogP contribution in [0.1, 0.15) is 0 Å². The molecule has 0 aliphatic carbocycles. The SMILES string of the molecule is CNC(=O)Oc1c(-c2ccc(Oc3ccc(F)cc3)cc2)oc2cc(N(CCO)S(C)(=O)=O)c(OC)cc12. The molecule has 0 saturated heterocycles. The zero-order chi connectivity index (χ0) is 27.4. The number of nitrogens with zero attached hydrogens (tertiary/aromatic N) is 1. The summed E-state index contributed by atoms with van der Waals surface area (Å²) in [4.78, 5) is 12.2. The van der Waals surface area contributed by atoms with Crippen molar-refractivity contribution in [3.8, 4) is 34.3 Å². The lowest BCUT2D eigenvalue weighted by Gasteiger charge is -2.23. The number of hydrogen-bond donors (Lipinski definition) is 2. The van der Waals surface area contributed by atoms with Gasteiger partial charge >= 0.3 is 6.09 Å². The third kappa shape index (κ3) is 5.66. The van der Waals surface area contributed by atoms with Crippen LogP contribution in [0.25, 0.3) is 22.3 Å². The predicted octanol–water partition coefficient (Wildman–Crippen LogP) is 4.52. The second-order valence-electron chi connectivity index (χ2n) is 8.06. The smallest absolute Gasteiger partial charge is 0.412 e. The number of rotatable bonds is 9. The summed E-state index contributed by atoms with van der Waals surface area (Å²) in [6.45, 7) is -0.625. The van der Waals surface area contributed by atoms with Gasteiger partial charge < -0.3 is 29.1 Å². The van der Waals surface area contributed by atoms with Crippen molar-refractivity contribution in [2.75, 3.05) is 37.9 Å². The monoisotopic (exact) mass is 544 g/mol. The van der Waals surface area contributed by atoms with E-state index in [0.29, 0.717) is 22.4 Å². The van der Waals surface area contributed by atoms with Gasteiger partial charge in [-0.2, -0.15) is 0 Å². The number of methoxy groups -OCH3 is 1. The van der Waals surface area contributed by atoms with Crippen molar-refractivity contribution in [2.24, 2.45) is 0 Å². The van der Waals surface area contributed by atoms with Gasteiger partial charge in [-0.25, -0.2) is 17.6 Å². The summed E-state index contributed by atoms with van der Waals surface area (Å²) in [5, 5.41) is 12.2. The molecule has 3 aromatic carbocycles. The normalized spacial score (nSPS) is 11.3. The number of halogens is 1. The molecule has 1 heterocycles. The lowest BCUT2D eigenvalue weighted by atomic mass is 10.1. The van der Waals surface area contributed by atoms with Crippen molar-refractivity contribution >= 4 is 32.8 Å². The van der Waals surface area contributed by atoms with Crippen LogP contribution in [0, 0.1) is 5.82 Å². The molecule has 0 spiro atoms. The molecule has 0 atom stereocenters. The minimum atomic E-state index is -3.77. The fourth-order valence-corrected chi connectivity index (χ4v) is 4.67. The van der Waals surface area contributed by atoms with Gasteiger partial charge in [-0.05, 0) is 54.6 Å². The second-order valence-corrected chi connectivity index (χ2v) is 9.97. The van der Waals surface area contributed by atoms with E-state index >= 15 is 0 Å². The number of aliphatic hydroxyl groups is 1. The van der Waals surface area contributed by atoms with E-state index in [0.717, 1.165) is 10.6 Å². The number of furan rings is 1. The van der Waals surface area contributed by atoms with Gasteiger partial charge in [-0.15, -0.1) is 0 Å². The first-order chi connectivity index (χ1) is 18.1. The van der Waals surface area contributed by atoms with Crippen LogP contribution >= 0.6 is 0 Å². The van der Waals surface area contributed by atoms with Crippen LogP contribution in [0.2, 0.25) is 0 Å². The molecule has 0 radical (unpaired) electrons. The summed E-state index contributed by atoms with van der Waals surface area (Å²) in [7, 11) is -1.000. The molecule has 4 rings (SSSR count). The first kappa shape index (κ1) is 26.8. The molecule has 38 heavy (non-hydrogen) atoms. The highest BCUT2D eigenvalue weighted by Gasteiger charge is 2.26. The summed E-state index contributed by atoms with van der Waals surface area (Å²) in [5.74, 6) is 0.991. The Kier molecular flexibility index (Phi) is 7.74. The Morgan fingerprint density at radius 1 is 1.08 bits per heavy atom. The van der Waals surface area contributed by atoms with Gasteiger partial charge in [-0.1, -0.05) is 0 Å². The number of hydrogen-bond acceptors (Lipinski definition) is 8. The fraction of sp³-hybridized carbons (Fsp3) is 0.192. The van der Waals surface area contributed by atoms with E-state index in [4.69, 9.17) is 18.6 Å². The lowest BCUT2D eigenvalue weighted by molar-refractivity contribution is 0.203. The maximum atomic E-state index is 13.2. The highest BCUT2D eigenvalue weighted by molar-refractivity contribution is 7.92. The Hall–Kier alpha value is -4.29. The summed E-state index contributed by atoms with van der Waals surface area (Å²) in [6.07, 6.45) is 0.265. The average molecular weight is 545 g/mol. The highest BCUT2D eigenvalue weighted by Crippen LogP contribution is 2.45. The Bertz CT molecular complexity index is 1550.